The first-order valence-corrected chi connectivity index (χ1v) is 11.1. The molecule has 1 amide bonds. The molecule has 168 valence electrons. The largest absolute Gasteiger partial charge is 0.355 e. The topological polar surface area (TPSA) is 75.4 Å². The van der Waals surface area contributed by atoms with Crippen LogP contribution in [0.25, 0.3) is 22.4 Å². The number of nitrogens with zero attached hydrogens (tertiary/aromatic N) is 5. The minimum absolute atomic E-state index is 0.114. The van der Waals surface area contributed by atoms with Crippen LogP contribution in [0.15, 0.2) is 65.4 Å². The van der Waals surface area contributed by atoms with Gasteiger partial charge in [-0.3, -0.25) is 4.79 Å². The first-order valence-electron chi connectivity index (χ1n) is 11.1. The summed E-state index contributed by atoms with van der Waals surface area (Å²) in [5.74, 6) is 0.320. The van der Waals surface area contributed by atoms with Gasteiger partial charge in [0.2, 0.25) is 5.91 Å². The van der Waals surface area contributed by atoms with E-state index in [0.717, 1.165) is 30.6 Å². The standard InChI is InChI=1S/C25H24FN5O2/c1-2-31(20-8-4-3-5-9-20)25(32)18-7-6-14-30(15-18)23-21-22(17-10-12-19(26)13-11-17)29-33-24(21)28-16-27-23/h3-5,8-13,16,18H,2,6-7,14-15H2,1H3/t18-/m0/s1. The predicted octanol–water partition coefficient (Wildman–Crippen LogP) is 4.69. The van der Waals surface area contributed by atoms with Crippen molar-refractivity contribution in [3.05, 3.63) is 66.7 Å². The average molecular weight is 445 g/mol. The highest BCUT2D eigenvalue weighted by Gasteiger charge is 2.31. The Hall–Kier alpha value is -3.81. The van der Waals surface area contributed by atoms with Gasteiger partial charge >= 0.3 is 0 Å². The predicted molar refractivity (Wildman–Crippen MR) is 124 cm³/mol. The van der Waals surface area contributed by atoms with E-state index in [1.807, 2.05) is 42.2 Å². The maximum atomic E-state index is 13.4. The van der Waals surface area contributed by atoms with Crippen LogP contribution in [0.1, 0.15) is 19.8 Å². The molecule has 7 nitrogen and oxygen atoms in total. The van der Waals surface area contributed by atoms with Crippen LogP contribution in [0.2, 0.25) is 0 Å². The molecule has 0 bridgehead atoms. The fraction of sp³-hybridized carbons (Fsp3) is 0.280. The molecule has 4 aromatic rings. The van der Waals surface area contributed by atoms with Gasteiger partial charge in [0, 0.05) is 30.9 Å². The Bertz CT molecular complexity index is 1260. The third kappa shape index (κ3) is 4.04. The van der Waals surface area contributed by atoms with Gasteiger partial charge in [0.1, 0.15) is 29.0 Å². The third-order valence-electron chi connectivity index (χ3n) is 6.09. The van der Waals surface area contributed by atoms with Crippen molar-refractivity contribution in [3.8, 4) is 11.3 Å². The molecule has 33 heavy (non-hydrogen) atoms. The van der Waals surface area contributed by atoms with Crippen LogP contribution >= 0.6 is 0 Å². The number of hydrogen-bond donors (Lipinski definition) is 0. The molecule has 1 atom stereocenters. The van der Waals surface area contributed by atoms with Gasteiger partial charge in [0.15, 0.2) is 0 Å². The van der Waals surface area contributed by atoms with Crippen LogP contribution < -0.4 is 9.80 Å². The van der Waals surface area contributed by atoms with Gasteiger partial charge in [0.05, 0.1) is 5.92 Å². The van der Waals surface area contributed by atoms with E-state index in [4.69, 9.17) is 4.52 Å². The Labute approximate surface area is 190 Å². The zero-order valence-electron chi connectivity index (χ0n) is 18.3. The molecule has 2 aromatic heterocycles. The molecule has 0 radical (unpaired) electrons. The smallest absolute Gasteiger partial charge is 0.263 e. The molecule has 8 heteroatoms. The molecule has 2 aromatic carbocycles. The molecular weight excluding hydrogens is 421 g/mol. The fourth-order valence-electron chi connectivity index (χ4n) is 4.48. The Morgan fingerprint density at radius 3 is 2.70 bits per heavy atom. The number of benzene rings is 2. The Kier molecular flexibility index (Phi) is 5.73. The highest BCUT2D eigenvalue weighted by molar-refractivity contribution is 5.99. The first kappa shape index (κ1) is 21.1. The summed E-state index contributed by atoms with van der Waals surface area (Å²) in [5.41, 5.74) is 2.56. The van der Waals surface area contributed by atoms with E-state index in [1.165, 1.54) is 18.5 Å². The monoisotopic (exact) mass is 445 g/mol. The number of rotatable bonds is 5. The van der Waals surface area contributed by atoms with E-state index < -0.39 is 0 Å². The van der Waals surface area contributed by atoms with Gasteiger partial charge in [0.25, 0.3) is 5.71 Å². The molecular formula is C25H24FN5O2. The number of amides is 1. The van der Waals surface area contributed by atoms with Gasteiger partial charge in [-0.05, 0) is 56.2 Å². The number of halogens is 1. The Balaban J connectivity index is 1.46. The minimum Gasteiger partial charge on any atom is -0.355 e. The summed E-state index contributed by atoms with van der Waals surface area (Å²) < 4.78 is 18.9. The third-order valence-corrected chi connectivity index (χ3v) is 6.09. The zero-order chi connectivity index (χ0) is 22.8. The van der Waals surface area contributed by atoms with Gasteiger partial charge in [-0.15, -0.1) is 0 Å². The summed E-state index contributed by atoms with van der Waals surface area (Å²) in [5, 5.41) is 4.86. The molecule has 3 heterocycles. The maximum Gasteiger partial charge on any atom is 0.263 e. The van der Waals surface area contributed by atoms with E-state index in [0.29, 0.717) is 35.7 Å². The van der Waals surface area contributed by atoms with E-state index >= 15 is 0 Å². The zero-order valence-corrected chi connectivity index (χ0v) is 18.3. The minimum atomic E-state index is -0.320. The lowest BCUT2D eigenvalue weighted by molar-refractivity contribution is -0.122. The van der Waals surface area contributed by atoms with Crippen molar-refractivity contribution in [2.75, 3.05) is 29.4 Å². The number of carbonyl (C=O) groups excluding carboxylic acids is 1. The van der Waals surface area contributed by atoms with Crippen LogP contribution in [-0.2, 0) is 4.79 Å². The molecule has 0 N–H and O–H groups in total. The average Bonchev–Trinajstić information content (AvgIpc) is 3.30. The van der Waals surface area contributed by atoms with Crippen molar-refractivity contribution in [2.45, 2.75) is 19.8 Å². The Morgan fingerprint density at radius 1 is 1.15 bits per heavy atom. The molecule has 0 aliphatic carbocycles. The van der Waals surface area contributed by atoms with Gasteiger partial charge in [-0.1, -0.05) is 23.4 Å². The van der Waals surface area contributed by atoms with Crippen LogP contribution in [0, 0.1) is 11.7 Å². The molecule has 1 fully saturated rings. The van der Waals surface area contributed by atoms with Gasteiger partial charge < -0.3 is 14.3 Å². The van der Waals surface area contributed by atoms with Crippen molar-refractivity contribution < 1.29 is 13.7 Å². The number of para-hydroxylation sites is 1. The molecule has 0 spiro atoms. The van der Waals surface area contributed by atoms with Crippen LogP contribution in [-0.4, -0.2) is 40.7 Å². The van der Waals surface area contributed by atoms with Crippen molar-refractivity contribution in [1.29, 1.82) is 0 Å². The van der Waals surface area contributed by atoms with Crippen molar-refractivity contribution in [2.24, 2.45) is 5.92 Å². The second-order valence-electron chi connectivity index (χ2n) is 8.12. The number of piperidine rings is 1. The van der Waals surface area contributed by atoms with Crippen LogP contribution in [0.5, 0.6) is 0 Å². The van der Waals surface area contributed by atoms with E-state index in [1.54, 1.807) is 12.1 Å². The van der Waals surface area contributed by atoms with E-state index in [2.05, 4.69) is 20.0 Å². The highest BCUT2D eigenvalue weighted by atomic mass is 19.1. The normalized spacial score (nSPS) is 16.2. The molecule has 1 aliphatic heterocycles. The number of fused-ring (bicyclic) bond motifs is 1. The van der Waals surface area contributed by atoms with Crippen LogP contribution in [0.4, 0.5) is 15.9 Å². The van der Waals surface area contributed by atoms with Crippen molar-refractivity contribution in [3.63, 3.8) is 0 Å². The molecule has 1 saturated heterocycles. The number of aromatic nitrogens is 3. The summed E-state index contributed by atoms with van der Waals surface area (Å²) in [6.07, 6.45) is 3.14. The lowest BCUT2D eigenvalue weighted by Crippen LogP contribution is -2.45. The lowest BCUT2D eigenvalue weighted by atomic mass is 9.95. The quantitative estimate of drug-likeness (QED) is 0.444. The lowest BCUT2D eigenvalue weighted by Gasteiger charge is -2.35. The number of anilines is 2. The van der Waals surface area contributed by atoms with Gasteiger partial charge in [-0.25, -0.2) is 9.37 Å². The summed E-state index contributed by atoms with van der Waals surface area (Å²) in [4.78, 5) is 26.2. The second kappa shape index (κ2) is 8.97. The summed E-state index contributed by atoms with van der Waals surface area (Å²) in [6.45, 7) is 3.91. The van der Waals surface area contributed by atoms with Crippen molar-refractivity contribution in [1.82, 2.24) is 15.1 Å². The SMILES string of the molecule is CCN(C(=O)[C@H]1CCCN(c2ncnc3onc(-c4ccc(F)cc4)c23)C1)c1ccccc1. The summed E-state index contributed by atoms with van der Waals surface area (Å²) in [7, 11) is 0. The van der Waals surface area contributed by atoms with Crippen molar-refractivity contribution >= 4 is 28.5 Å². The molecule has 1 aliphatic rings. The van der Waals surface area contributed by atoms with Crippen LogP contribution in [0.3, 0.4) is 0 Å². The van der Waals surface area contributed by atoms with E-state index in [-0.39, 0.29) is 17.6 Å². The summed E-state index contributed by atoms with van der Waals surface area (Å²) >= 11 is 0. The summed E-state index contributed by atoms with van der Waals surface area (Å²) in [6, 6.07) is 15.8. The second-order valence-corrected chi connectivity index (χ2v) is 8.12. The van der Waals surface area contributed by atoms with Gasteiger partial charge in [-0.2, -0.15) is 4.98 Å². The molecule has 5 rings (SSSR count). The highest BCUT2D eigenvalue weighted by Crippen LogP contribution is 2.35. The molecule has 0 unspecified atom stereocenters. The number of hydrogen-bond acceptors (Lipinski definition) is 6. The Morgan fingerprint density at radius 2 is 1.94 bits per heavy atom. The fourth-order valence-corrected chi connectivity index (χ4v) is 4.48. The maximum absolute atomic E-state index is 13.4. The number of carbonyl (C=O) groups is 1. The van der Waals surface area contributed by atoms with E-state index in [9.17, 15) is 9.18 Å². The molecule has 0 saturated carbocycles. The first-order chi connectivity index (χ1) is 16.2.